The van der Waals surface area contributed by atoms with Crippen molar-refractivity contribution < 1.29 is 8.42 Å². The van der Waals surface area contributed by atoms with Gasteiger partial charge in [0.05, 0.1) is 5.25 Å². The summed E-state index contributed by atoms with van der Waals surface area (Å²) in [5.41, 5.74) is 0. The first-order chi connectivity index (χ1) is 8.26. The molecule has 0 aromatic rings. The van der Waals surface area contributed by atoms with E-state index in [0.29, 0.717) is 0 Å². The van der Waals surface area contributed by atoms with Crippen molar-refractivity contribution in [1.82, 2.24) is 4.39 Å². The van der Waals surface area contributed by atoms with Gasteiger partial charge in [-0.2, -0.15) is 0 Å². The fourth-order valence-electron chi connectivity index (χ4n) is 1.53. The second kappa shape index (κ2) is 6.10. The Kier molecular flexibility index (Phi) is 6.06. The Bertz CT molecular complexity index is 410. The minimum Gasteiger partial charge on any atom is -0.237 e. The van der Waals surface area contributed by atoms with Crippen LogP contribution in [-0.2, 0) is 10.0 Å². The van der Waals surface area contributed by atoms with Crippen molar-refractivity contribution in [2.24, 2.45) is 11.8 Å². The van der Waals surface area contributed by atoms with Gasteiger partial charge in [0.15, 0.2) is 0 Å². The van der Waals surface area contributed by atoms with Crippen molar-refractivity contribution in [3.8, 4) is 0 Å². The van der Waals surface area contributed by atoms with Gasteiger partial charge in [0, 0.05) is 0 Å². The monoisotopic (exact) mass is 305 g/mol. The molecule has 1 N–H and O–H groups in total. The lowest BCUT2D eigenvalue weighted by atomic mass is 9.93. The molecular weight excluding hydrogens is 274 g/mol. The molecule has 19 heavy (non-hydrogen) atoms. The van der Waals surface area contributed by atoms with E-state index in [0.717, 1.165) is 0 Å². The summed E-state index contributed by atoms with van der Waals surface area (Å²) < 4.78 is 28.1. The van der Waals surface area contributed by atoms with E-state index in [1.54, 1.807) is 6.92 Å². The average molecular weight is 306 g/mol. The molecule has 0 aliphatic carbocycles. The molecule has 1 unspecified atom stereocenters. The molecule has 0 fully saturated rings. The molecule has 0 aromatic heterocycles. The molecule has 0 aliphatic heterocycles. The van der Waals surface area contributed by atoms with Crippen LogP contribution >= 0.6 is 0 Å². The SMILES string of the molecule is C=CC(C)[C@H](C)[C@@H](C)S(=O)(=O)N[Si](C)(C)C(C)(C)C. The molecule has 0 amide bonds. The van der Waals surface area contributed by atoms with E-state index in [1.807, 2.05) is 19.9 Å². The van der Waals surface area contributed by atoms with Gasteiger partial charge in [-0.15, -0.1) is 6.58 Å². The molecule has 0 radical (unpaired) electrons. The van der Waals surface area contributed by atoms with Crippen molar-refractivity contribution in [3.63, 3.8) is 0 Å². The highest BCUT2D eigenvalue weighted by molar-refractivity contribution is 7.91. The minimum atomic E-state index is -3.29. The third-order valence-corrected chi connectivity index (χ3v) is 13.0. The van der Waals surface area contributed by atoms with Crippen molar-refractivity contribution in [1.29, 1.82) is 0 Å². The Morgan fingerprint density at radius 3 is 1.89 bits per heavy atom. The van der Waals surface area contributed by atoms with Crippen LogP contribution in [-0.4, -0.2) is 21.9 Å². The molecule has 0 aliphatic rings. The van der Waals surface area contributed by atoms with Gasteiger partial charge in [-0.1, -0.05) is 53.8 Å². The summed E-state index contributed by atoms with van der Waals surface area (Å²) in [6.45, 7) is 20.0. The molecule has 3 nitrogen and oxygen atoms in total. The number of allylic oxidation sites excluding steroid dienone is 1. The number of rotatable bonds is 6. The van der Waals surface area contributed by atoms with Gasteiger partial charge < -0.3 is 0 Å². The molecule has 5 heteroatoms. The second-order valence-electron chi connectivity index (χ2n) is 7.18. The quantitative estimate of drug-likeness (QED) is 0.600. The summed E-state index contributed by atoms with van der Waals surface area (Å²) in [5.74, 6) is 0.241. The third kappa shape index (κ3) is 4.72. The van der Waals surface area contributed by atoms with Gasteiger partial charge in [0.1, 0.15) is 8.24 Å². The molecule has 0 saturated carbocycles. The van der Waals surface area contributed by atoms with Crippen molar-refractivity contribution >= 4 is 18.3 Å². The molecule has 114 valence electrons. The van der Waals surface area contributed by atoms with E-state index in [2.05, 4.69) is 44.8 Å². The lowest BCUT2D eigenvalue weighted by Gasteiger charge is -2.38. The Morgan fingerprint density at radius 2 is 1.58 bits per heavy atom. The summed E-state index contributed by atoms with van der Waals surface area (Å²) in [6.07, 6.45) is 1.82. The minimum absolute atomic E-state index is 0.00686. The maximum Gasteiger partial charge on any atom is 0.208 e. The zero-order valence-corrected chi connectivity index (χ0v) is 15.6. The standard InChI is InChI=1S/C14H31NO2SSi/c1-10-11(2)12(3)13(4)18(16,17)15-19(8,9)14(5,6)7/h10-13,15H,1H2,2-9H3/t11?,12-,13+/m0/s1. The van der Waals surface area contributed by atoms with Crippen LogP contribution in [0, 0.1) is 11.8 Å². The van der Waals surface area contributed by atoms with Gasteiger partial charge >= 0.3 is 0 Å². The largest absolute Gasteiger partial charge is 0.237 e. The fraction of sp³-hybridized carbons (Fsp3) is 0.857. The number of hydrogen-bond acceptors (Lipinski definition) is 2. The first kappa shape index (κ1) is 18.9. The Hall–Kier alpha value is -0.133. The van der Waals surface area contributed by atoms with Crippen LogP contribution in [0.2, 0.25) is 18.1 Å². The lowest BCUT2D eigenvalue weighted by molar-refractivity contribution is 0.436. The molecular formula is C14H31NO2SSi. The third-order valence-electron chi connectivity index (χ3n) is 4.70. The van der Waals surface area contributed by atoms with Crippen LogP contribution in [0.5, 0.6) is 0 Å². The Labute approximate surface area is 121 Å². The van der Waals surface area contributed by atoms with Crippen LogP contribution in [0.15, 0.2) is 12.7 Å². The molecule has 0 heterocycles. The van der Waals surface area contributed by atoms with Gasteiger partial charge in [-0.3, -0.25) is 0 Å². The van der Waals surface area contributed by atoms with E-state index in [1.165, 1.54) is 0 Å². The van der Waals surface area contributed by atoms with E-state index < -0.39 is 23.5 Å². The molecule has 0 rings (SSSR count). The summed E-state index contributed by atoms with van der Waals surface area (Å²) in [6, 6.07) is 0. The number of hydrogen-bond donors (Lipinski definition) is 1. The van der Waals surface area contributed by atoms with E-state index in [-0.39, 0.29) is 16.9 Å². The molecule has 0 saturated heterocycles. The summed E-state index contributed by atoms with van der Waals surface area (Å²) in [4.78, 5) is 0. The normalized spacial score (nSPS) is 18.7. The van der Waals surface area contributed by atoms with Crippen molar-refractivity contribution in [2.75, 3.05) is 0 Å². The highest BCUT2D eigenvalue weighted by Gasteiger charge is 2.41. The first-order valence-electron chi connectivity index (χ1n) is 6.91. The van der Waals surface area contributed by atoms with Gasteiger partial charge in [-0.05, 0) is 23.8 Å². The lowest BCUT2D eigenvalue weighted by Crippen LogP contribution is -2.57. The maximum absolute atomic E-state index is 12.5. The molecule has 3 atom stereocenters. The number of nitrogens with one attached hydrogen (secondary N) is 1. The highest BCUT2D eigenvalue weighted by atomic mass is 32.2. The van der Waals surface area contributed by atoms with Crippen molar-refractivity contribution in [2.45, 2.75) is 64.9 Å². The maximum atomic E-state index is 12.5. The van der Waals surface area contributed by atoms with E-state index >= 15 is 0 Å². The smallest absolute Gasteiger partial charge is 0.208 e. The second-order valence-corrected chi connectivity index (χ2v) is 14.6. The van der Waals surface area contributed by atoms with Crippen LogP contribution in [0.25, 0.3) is 0 Å². The van der Waals surface area contributed by atoms with Crippen LogP contribution < -0.4 is 4.39 Å². The molecule has 0 bridgehead atoms. The van der Waals surface area contributed by atoms with Crippen LogP contribution in [0.3, 0.4) is 0 Å². The Balaban J connectivity index is 5.16. The number of sulfonamides is 1. The topological polar surface area (TPSA) is 46.2 Å². The summed E-state index contributed by atoms with van der Waals surface area (Å²) >= 11 is 0. The predicted octanol–water partition coefficient (Wildman–Crippen LogP) is 3.76. The summed E-state index contributed by atoms with van der Waals surface area (Å²) in [7, 11) is -5.35. The average Bonchev–Trinajstić information content (AvgIpc) is 2.22. The van der Waals surface area contributed by atoms with Crippen molar-refractivity contribution in [3.05, 3.63) is 12.7 Å². The zero-order chi connectivity index (χ0) is 15.6. The first-order valence-corrected chi connectivity index (χ1v) is 11.5. The van der Waals surface area contributed by atoms with E-state index in [4.69, 9.17) is 0 Å². The van der Waals surface area contributed by atoms with E-state index in [9.17, 15) is 8.42 Å². The predicted molar refractivity (Wildman–Crippen MR) is 87.2 cm³/mol. The van der Waals surface area contributed by atoms with Gasteiger partial charge in [-0.25, -0.2) is 12.8 Å². The summed E-state index contributed by atoms with van der Waals surface area (Å²) in [5, 5.41) is -0.415. The van der Waals surface area contributed by atoms with Gasteiger partial charge in [0.2, 0.25) is 10.0 Å². The Morgan fingerprint density at radius 1 is 1.16 bits per heavy atom. The van der Waals surface area contributed by atoms with Gasteiger partial charge in [0.25, 0.3) is 0 Å². The van der Waals surface area contributed by atoms with Crippen LogP contribution in [0.4, 0.5) is 0 Å². The fourth-order valence-corrected chi connectivity index (χ4v) is 7.15. The van der Waals surface area contributed by atoms with Crippen LogP contribution in [0.1, 0.15) is 41.5 Å². The highest BCUT2D eigenvalue weighted by Crippen LogP contribution is 2.35. The molecule has 0 spiro atoms. The molecule has 0 aromatic carbocycles. The zero-order valence-electron chi connectivity index (χ0n) is 13.7.